The fraction of sp³-hybridized carbons (Fsp3) is 1.00. The third-order valence-electron chi connectivity index (χ3n) is 2.94. The first kappa shape index (κ1) is 12.0. The summed E-state index contributed by atoms with van der Waals surface area (Å²) in [7, 11) is 2.21. The molecular formula is C11H24N2O. The third-order valence-corrected chi connectivity index (χ3v) is 2.94. The number of rotatable bonds is 5. The lowest BCUT2D eigenvalue weighted by molar-refractivity contribution is 0.106. The normalized spacial score (nSPS) is 23.8. The van der Waals surface area contributed by atoms with Gasteiger partial charge < -0.3 is 10.1 Å². The number of nitrogens with one attached hydrogen (secondary N) is 1. The number of likely N-dealkylation sites (N-methyl/N-ethyl adjacent to an activating group) is 1. The van der Waals surface area contributed by atoms with Crippen molar-refractivity contribution >= 4 is 0 Å². The van der Waals surface area contributed by atoms with Gasteiger partial charge in [-0.15, -0.1) is 0 Å². The molecule has 1 aliphatic rings. The molecule has 0 aromatic rings. The van der Waals surface area contributed by atoms with Crippen LogP contribution in [0.25, 0.3) is 0 Å². The van der Waals surface area contributed by atoms with Crippen molar-refractivity contribution in [1.29, 1.82) is 0 Å². The van der Waals surface area contributed by atoms with Gasteiger partial charge in [-0.2, -0.15) is 0 Å². The molecule has 3 heteroatoms. The van der Waals surface area contributed by atoms with E-state index in [-0.39, 0.29) is 0 Å². The first-order valence-corrected chi connectivity index (χ1v) is 5.83. The molecule has 1 saturated heterocycles. The topological polar surface area (TPSA) is 24.5 Å². The van der Waals surface area contributed by atoms with Crippen LogP contribution in [0.15, 0.2) is 0 Å². The minimum Gasteiger partial charge on any atom is -0.380 e. The average molecular weight is 200 g/mol. The highest BCUT2D eigenvalue weighted by molar-refractivity contribution is 4.74. The summed E-state index contributed by atoms with van der Waals surface area (Å²) in [6.07, 6.45) is 4.02. The van der Waals surface area contributed by atoms with Gasteiger partial charge in [-0.3, -0.25) is 4.90 Å². The Morgan fingerprint density at radius 2 is 2.29 bits per heavy atom. The van der Waals surface area contributed by atoms with Crippen molar-refractivity contribution in [1.82, 2.24) is 10.2 Å². The number of hydrogen-bond donors (Lipinski definition) is 1. The zero-order chi connectivity index (χ0) is 10.2. The molecule has 3 nitrogen and oxygen atoms in total. The van der Waals surface area contributed by atoms with Crippen molar-refractivity contribution in [2.45, 2.75) is 32.2 Å². The standard InChI is InChI=1S/C11H24N2O/c1-3-14-9-8-13(2)11-6-4-5-7-12-10-11/h11-12H,3-10H2,1-2H3. The molecule has 1 unspecified atom stereocenters. The molecule has 84 valence electrons. The van der Waals surface area contributed by atoms with Crippen LogP contribution in [0, 0.1) is 0 Å². The summed E-state index contributed by atoms with van der Waals surface area (Å²) in [6.45, 7) is 7.13. The van der Waals surface area contributed by atoms with Crippen LogP contribution in [0.4, 0.5) is 0 Å². The number of ether oxygens (including phenoxy) is 1. The van der Waals surface area contributed by atoms with Gasteiger partial charge in [0, 0.05) is 25.7 Å². The lowest BCUT2D eigenvalue weighted by atomic mass is 10.1. The molecule has 0 aromatic carbocycles. The molecule has 1 fully saturated rings. The monoisotopic (exact) mass is 200 g/mol. The van der Waals surface area contributed by atoms with Crippen LogP contribution in [0.3, 0.4) is 0 Å². The van der Waals surface area contributed by atoms with Gasteiger partial charge in [0.15, 0.2) is 0 Å². The van der Waals surface area contributed by atoms with Crippen molar-refractivity contribution in [2.75, 3.05) is 39.9 Å². The summed E-state index contributed by atoms with van der Waals surface area (Å²) in [5.41, 5.74) is 0. The molecule has 1 aliphatic heterocycles. The van der Waals surface area contributed by atoms with E-state index in [9.17, 15) is 0 Å². The van der Waals surface area contributed by atoms with E-state index >= 15 is 0 Å². The second-order valence-electron chi connectivity index (χ2n) is 4.03. The molecule has 0 radical (unpaired) electrons. The summed E-state index contributed by atoms with van der Waals surface area (Å²) >= 11 is 0. The number of nitrogens with zero attached hydrogens (tertiary/aromatic N) is 1. The molecular weight excluding hydrogens is 176 g/mol. The van der Waals surface area contributed by atoms with Gasteiger partial charge in [0.05, 0.1) is 6.61 Å². The quantitative estimate of drug-likeness (QED) is 0.673. The van der Waals surface area contributed by atoms with Crippen LogP contribution in [0.2, 0.25) is 0 Å². The molecule has 1 atom stereocenters. The van der Waals surface area contributed by atoms with E-state index in [1.54, 1.807) is 0 Å². The molecule has 0 spiro atoms. The first-order valence-electron chi connectivity index (χ1n) is 5.83. The van der Waals surface area contributed by atoms with Crippen LogP contribution >= 0.6 is 0 Å². The van der Waals surface area contributed by atoms with Crippen LogP contribution in [0.5, 0.6) is 0 Å². The maximum absolute atomic E-state index is 5.36. The van der Waals surface area contributed by atoms with Crippen molar-refractivity contribution in [3.63, 3.8) is 0 Å². The zero-order valence-electron chi connectivity index (χ0n) is 9.59. The highest BCUT2D eigenvalue weighted by Gasteiger charge is 2.15. The molecule has 0 amide bonds. The predicted octanol–water partition coefficient (Wildman–Crippen LogP) is 1.10. The van der Waals surface area contributed by atoms with Crippen molar-refractivity contribution in [3.05, 3.63) is 0 Å². The predicted molar refractivity (Wildman–Crippen MR) is 59.6 cm³/mol. The Balaban J connectivity index is 2.16. The summed E-state index contributed by atoms with van der Waals surface area (Å²) in [5, 5.41) is 3.49. The Labute approximate surface area is 87.8 Å². The highest BCUT2D eigenvalue weighted by atomic mass is 16.5. The van der Waals surface area contributed by atoms with Crippen molar-refractivity contribution in [2.24, 2.45) is 0 Å². The largest absolute Gasteiger partial charge is 0.380 e. The molecule has 0 saturated carbocycles. The van der Waals surface area contributed by atoms with Gasteiger partial charge in [-0.1, -0.05) is 6.42 Å². The SMILES string of the molecule is CCOCCN(C)C1CCCCNC1. The molecule has 0 aliphatic carbocycles. The Bertz CT molecular complexity index is 133. The van der Waals surface area contributed by atoms with Gasteiger partial charge in [0.1, 0.15) is 0 Å². The second kappa shape index (κ2) is 7.21. The van der Waals surface area contributed by atoms with Crippen molar-refractivity contribution < 1.29 is 4.74 Å². The van der Waals surface area contributed by atoms with Crippen molar-refractivity contribution in [3.8, 4) is 0 Å². The Kier molecular flexibility index (Phi) is 6.15. The smallest absolute Gasteiger partial charge is 0.0593 e. The summed E-state index contributed by atoms with van der Waals surface area (Å²) in [6, 6.07) is 0.706. The van der Waals surface area contributed by atoms with E-state index < -0.39 is 0 Å². The minimum absolute atomic E-state index is 0.706. The van der Waals surface area contributed by atoms with Gasteiger partial charge >= 0.3 is 0 Å². The van der Waals surface area contributed by atoms with E-state index in [0.717, 1.165) is 26.3 Å². The average Bonchev–Trinajstić information content (AvgIpc) is 2.46. The molecule has 0 aromatic heterocycles. The summed E-state index contributed by atoms with van der Waals surface area (Å²) in [4.78, 5) is 2.42. The van der Waals surface area contributed by atoms with E-state index in [2.05, 4.69) is 17.3 Å². The maximum atomic E-state index is 5.36. The van der Waals surface area contributed by atoms with Gasteiger partial charge in [0.25, 0.3) is 0 Å². The summed E-state index contributed by atoms with van der Waals surface area (Å²) in [5.74, 6) is 0. The Morgan fingerprint density at radius 3 is 3.07 bits per heavy atom. The van der Waals surface area contributed by atoms with Crippen LogP contribution in [0.1, 0.15) is 26.2 Å². The number of hydrogen-bond acceptors (Lipinski definition) is 3. The van der Waals surface area contributed by atoms with Crippen LogP contribution in [-0.2, 0) is 4.74 Å². The Hall–Kier alpha value is -0.120. The summed E-state index contributed by atoms with van der Waals surface area (Å²) < 4.78 is 5.36. The molecule has 14 heavy (non-hydrogen) atoms. The Morgan fingerprint density at radius 1 is 1.43 bits per heavy atom. The highest BCUT2D eigenvalue weighted by Crippen LogP contribution is 2.09. The van der Waals surface area contributed by atoms with Gasteiger partial charge in [0.2, 0.25) is 0 Å². The van der Waals surface area contributed by atoms with Gasteiger partial charge in [-0.05, 0) is 33.4 Å². The van der Waals surface area contributed by atoms with E-state index in [1.807, 2.05) is 6.92 Å². The first-order chi connectivity index (χ1) is 6.84. The fourth-order valence-corrected chi connectivity index (χ4v) is 1.91. The molecule has 1 rings (SSSR count). The second-order valence-corrected chi connectivity index (χ2v) is 4.03. The lowest BCUT2D eigenvalue weighted by Crippen LogP contribution is -2.40. The lowest BCUT2D eigenvalue weighted by Gasteiger charge is -2.26. The third kappa shape index (κ3) is 4.40. The molecule has 1 N–H and O–H groups in total. The van der Waals surface area contributed by atoms with E-state index in [0.29, 0.717) is 6.04 Å². The molecule has 0 bridgehead atoms. The van der Waals surface area contributed by atoms with E-state index in [1.165, 1.54) is 25.8 Å². The maximum Gasteiger partial charge on any atom is 0.0593 e. The van der Waals surface area contributed by atoms with Gasteiger partial charge in [-0.25, -0.2) is 0 Å². The zero-order valence-corrected chi connectivity index (χ0v) is 9.59. The minimum atomic E-state index is 0.706. The molecule has 1 heterocycles. The van der Waals surface area contributed by atoms with Crippen LogP contribution in [-0.4, -0.2) is 50.8 Å². The van der Waals surface area contributed by atoms with E-state index in [4.69, 9.17) is 4.74 Å². The fourth-order valence-electron chi connectivity index (χ4n) is 1.91. The van der Waals surface area contributed by atoms with Crippen LogP contribution < -0.4 is 5.32 Å².